The summed E-state index contributed by atoms with van der Waals surface area (Å²) in [6.07, 6.45) is 0. The SMILES string of the molecule is Fc1cccc(F)c1B(c1ccccc1)c1ccccc1. The van der Waals surface area contributed by atoms with Gasteiger partial charge >= 0.3 is 0 Å². The highest BCUT2D eigenvalue weighted by molar-refractivity contribution is 6.95. The lowest BCUT2D eigenvalue weighted by Gasteiger charge is -2.16. The predicted molar refractivity (Wildman–Crippen MR) is 83.9 cm³/mol. The lowest BCUT2D eigenvalue weighted by atomic mass is 9.36. The molecule has 0 unspecified atom stereocenters. The molecular weight excluding hydrogens is 265 g/mol. The van der Waals surface area contributed by atoms with Gasteiger partial charge in [-0.2, -0.15) is 0 Å². The molecule has 3 heteroatoms. The summed E-state index contributed by atoms with van der Waals surface area (Å²) in [5, 5.41) is 0. The lowest BCUT2D eigenvalue weighted by molar-refractivity contribution is 0.597. The molecule has 0 fully saturated rings. The van der Waals surface area contributed by atoms with Crippen LogP contribution in [0.25, 0.3) is 0 Å². The molecule has 0 atom stereocenters. The van der Waals surface area contributed by atoms with Gasteiger partial charge < -0.3 is 0 Å². The second-order valence-electron chi connectivity index (χ2n) is 4.89. The largest absolute Gasteiger partial charge is 0.248 e. The van der Waals surface area contributed by atoms with E-state index in [9.17, 15) is 8.78 Å². The van der Waals surface area contributed by atoms with Gasteiger partial charge in [0, 0.05) is 5.46 Å². The molecule has 0 heterocycles. The van der Waals surface area contributed by atoms with Crippen molar-refractivity contribution in [3.05, 3.63) is 90.5 Å². The molecule has 0 aliphatic heterocycles. The monoisotopic (exact) mass is 278 g/mol. The van der Waals surface area contributed by atoms with Gasteiger partial charge in [-0.3, -0.25) is 0 Å². The molecule has 0 nitrogen and oxygen atoms in total. The van der Waals surface area contributed by atoms with Gasteiger partial charge in [0.05, 0.1) is 0 Å². The van der Waals surface area contributed by atoms with Crippen molar-refractivity contribution in [2.45, 2.75) is 0 Å². The Morgan fingerprint density at radius 2 is 0.952 bits per heavy atom. The molecular formula is C18H13BF2. The molecule has 3 aromatic carbocycles. The molecule has 0 aliphatic carbocycles. The highest BCUT2D eigenvalue weighted by Gasteiger charge is 2.27. The standard InChI is InChI=1S/C18H13BF2/c20-16-12-7-13-17(21)18(16)19(14-8-3-1-4-9-14)15-10-5-2-6-11-15/h1-13H. The van der Waals surface area contributed by atoms with Crippen LogP contribution in [0.5, 0.6) is 0 Å². The molecule has 0 saturated carbocycles. The molecule has 0 radical (unpaired) electrons. The van der Waals surface area contributed by atoms with Gasteiger partial charge in [-0.1, -0.05) is 77.7 Å². The van der Waals surface area contributed by atoms with Crippen molar-refractivity contribution >= 4 is 23.1 Å². The van der Waals surface area contributed by atoms with Gasteiger partial charge in [-0.15, -0.1) is 0 Å². The number of hydrogen-bond donors (Lipinski definition) is 0. The summed E-state index contributed by atoms with van der Waals surface area (Å²) < 4.78 is 28.5. The topological polar surface area (TPSA) is 0 Å². The van der Waals surface area contributed by atoms with Crippen molar-refractivity contribution < 1.29 is 8.78 Å². The van der Waals surface area contributed by atoms with Crippen LogP contribution in [0, 0.1) is 11.6 Å². The van der Waals surface area contributed by atoms with Crippen LogP contribution in [0.3, 0.4) is 0 Å². The van der Waals surface area contributed by atoms with Crippen molar-refractivity contribution in [2.75, 3.05) is 0 Å². The first-order valence-corrected chi connectivity index (χ1v) is 6.81. The Balaban J connectivity index is 2.23. The molecule has 102 valence electrons. The summed E-state index contributed by atoms with van der Waals surface area (Å²) in [6, 6.07) is 22.9. The molecule has 0 saturated heterocycles. The first-order valence-electron chi connectivity index (χ1n) is 6.81. The quantitative estimate of drug-likeness (QED) is 0.646. The van der Waals surface area contributed by atoms with Crippen LogP contribution in [-0.2, 0) is 0 Å². The zero-order chi connectivity index (χ0) is 14.7. The van der Waals surface area contributed by atoms with E-state index in [1.54, 1.807) is 0 Å². The van der Waals surface area contributed by atoms with E-state index in [1.807, 2.05) is 60.7 Å². The van der Waals surface area contributed by atoms with Crippen LogP contribution in [0.1, 0.15) is 0 Å². The Kier molecular flexibility index (Phi) is 3.82. The van der Waals surface area contributed by atoms with E-state index in [-0.39, 0.29) is 5.46 Å². The number of benzene rings is 3. The molecule has 3 rings (SSSR count). The zero-order valence-electron chi connectivity index (χ0n) is 11.3. The minimum absolute atomic E-state index is 0.0925. The van der Waals surface area contributed by atoms with Crippen molar-refractivity contribution in [1.29, 1.82) is 0 Å². The second kappa shape index (κ2) is 5.92. The molecule has 0 aromatic heterocycles. The number of halogens is 2. The third-order valence-electron chi connectivity index (χ3n) is 3.55. The van der Waals surface area contributed by atoms with E-state index in [1.165, 1.54) is 18.2 Å². The third kappa shape index (κ3) is 2.73. The molecule has 21 heavy (non-hydrogen) atoms. The van der Waals surface area contributed by atoms with Crippen LogP contribution in [0.2, 0.25) is 0 Å². The van der Waals surface area contributed by atoms with Crippen LogP contribution >= 0.6 is 0 Å². The maximum absolute atomic E-state index is 14.2. The molecule has 0 amide bonds. The van der Waals surface area contributed by atoms with E-state index in [2.05, 4.69) is 0 Å². The fraction of sp³-hybridized carbons (Fsp3) is 0. The molecule has 0 spiro atoms. The fourth-order valence-corrected chi connectivity index (χ4v) is 2.60. The van der Waals surface area contributed by atoms with Crippen molar-refractivity contribution in [3.8, 4) is 0 Å². The molecule has 0 bridgehead atoms. The summed E-state index contributed by atoms with van der Waals surface area (Å²) in [7, 11) is 0. The Labute approximate surface area is 123 Å². The van der Waals surface area contributed by atoms with Crippen molar-refractivity contribution in [2.24, 2.45) is 0 Å². The highest BCUT2D eigenvalue weighted by atomic mass is 19.1. The maximum atomic E-state index is 14.2. The summed E-state index contributed by atoms with van der Waals surface area (Å²) in [5.74, 6) is -1.04. The highest BCUT2D eigenvalue weighted by Crippen LogP contribution is 2.03. The van der Waals surface area contributed by atoms with Crippen LogP contribution in [-0.4, -0.2) is 6.71 Å². The number of rotatable bonds is 3. The lowest BCUT2D eigenvalue weighted by Crippen LogP contribution is -2.54. The Morgan fingerprint density at radius 1 is 0.524 bits per heavy atom. The first kappa shape index (κ1) is 13.6. The summed E-state index contributed by atoms with van der Waals surface area (Å²) in [4.78, 5) is 0. The molecule has 3 aromatic rings. The second-order valence-corrected chi connectivity index (χ2v) is 4.89. The first-order chi connectivity index (χ1) is 10.3. The predicted octanol–water partition coefficient (Wildman–Crippen LogP) is 2.48. The Hall–Kier alpha value is -2.42. The summed E-state index contributed by atoms with van der Waals surface area (Å²) in [6.45, 7) is -0.450. The molecule has 0 N–H and O–H groups in total. The van der Waals surface area contributed by atoms with Crippen LogP contribution < -0.4 is 16.4 Å². The zero-order valence-corrected chi connectivity index (χ0v) is 11.3. The summed E-state index contributed by atoms with van der Waals surface area (Å²) >= 11 is 0. The third-order valence-corrected chi connectivity index (χ3v) is 3.55. The summed E-state index contributed by atoms with van der Waals surface area (Å²) in [5.41, 5.74) is 1.83. The minimum Gasteiger partial charge on any atom is -0.207 e. The minimum atomic E-state index is -0.521. The normalized spacial score (nSPS) is 10.4. The average Bonchev–Trinajstić information content (AvgIpc) is 2.53. The fourth-order valence-electron chi connectivity index (χ4n) is 2.60. The van der Waals surface area contributed by atoms with E-state index in [0.29, 0.717) is 0 Å². The van der Waals surface area contributed by atoms with E-state index in [0.717, 1.165) is 10.9 Å². The van der Waals surface area contributed by atoms with Crippen LogP contribution in [0.15, 0.2) is 78.9 Å². The number of hydrogen-bond acceptors (Lipinski definition) is 0. The Morgan fingerprint density at radius 3 is 1.38 bits per heavy atom. The van der Waals surface area contributed by atoms with Gasteiger partial charge in [0.25, 0.3) is 0 Å². The van der Waals surface area contributed by atoms with Crippen molar-refractivity contribution in [1.82, 2.24) is 0 Å². The maximum Gasteiger partial charge on any atom is 0.248 e. The van der Waals surface area contributed by atoms with Gasteiger partial charge in [0.2, 0.25) is 6.71 Å². The van der Waals surface area contributed by atoms with Crippen molar-refractivity contribution in [3.63, 3.8) is 0 Å². The Bertz CT molecular complexity index is 667. The van der Waals surface area contributed by atoms with Gasteiger partial charge in [0.15, 0.2) is 0 Å². The smallest absolute Gasteiger partial charge is 0.207 e. The van der Waals surface area contributed by atoms with Crippen LogP contribution in [0.4, 0.5) is 8.78 Å². The van der Waals surface area contributed by atoms with Gasteiger partial charge in [0.1, 0.15) is 11.6 Å². The van der Waals surface area contributed by atoms with Gasteiger partial charge in [-0.05, 0) is 12.1 Å². The molecule has 0 aliphatic rings. The van der Waals surface area contributed by atoms with E-state index < -0.39 is 18.3 Å². The van der Waals surface area contributed by atoms with Gasteiger partial charge in [-0.25, -0.2) is 8.78 Å². The average molecular weight is 278 g/mol. The van der Waals surface area contributed by atoms with E-state index >= 15 is 0 Å². The van der Waals surface area contributed by atoms with E-state index in [4.69, 9.17) is 0 Å².